The second-order valence-electron chi connectivity index (χ2n) is 8.45. The van der Waals surface area contributed by atoms with Crippen LogP contribution in [0.1, 0.15) is 69.0 Å². The van der Waals surface area contributed by atoms with Gasteiger partial charge in [0.1, 0.15) is 0 Å². The molecule has 0 fully saturated rings. The van der Waals surface area contributed by atoms with E-state index in [1.165, 1.54) is 16.0 Å². The number of hydrogen-bond acceptors (Lipinski definition) is 3. The van der Waals surface area contributed by atoms with Gasteiger partial charge in [0.05, 0.1) is 23.6 Å². The molecule has 5 heteroatoms. The van der Waals surface area contributed by atoms with Crippen LogP contribution in [0, 0.1) is 6.92 Å². The van der Waals surface area contributed by atoms with Crippen LogP contribution in [0.5, 0.6) is 0 Å². The number of aryl methyl sites for hydroxylation is 1. The number of amides is 1. The smallest absolute Gasteiger partial charge is 0.252 e. The summed E-state index contributed by atoms with van der Waals surface area (Å²) in [5.41, 5.74) is 6.91. The SMILES string of the molecule is C/C=C(/C(=O)NC(CC)c1cccc(SC)c1)c1cnn(-c2ccc(C)cc2)c1/C=C(\C)CC. The zero-order valence-electron chi connectivity index (χ0n) is 21.1. The third-order valence-electron chi connectivity index (χ3n) is 6.06. The molecule has 0 aliphatic rings. The lowest BCUT2D eigenvalue weighted by atomic mass is 10.0. The molecule has 0 radical (unpaired) electrons. The number of allylic oxidation sites excluding steroid dienone is 2. The summed E-state index contributed by atoms with van der Waals surface area (Å²) < 4.78 is 1.92. The Bertz CT molecular complexity index is 1190. The van der Waals surface area contributed by atoms with Crippen molar-refractivity contribution in [3.05, 3.63) is 88.8 Å². The summed E-state index contributed by atoms with van der Waals surface area (Å²) in [4.78, 5) is 14.7. The minimum absolute atomic E-state index is 0.0573. The van der Waals surface area contributed by atoms with Crippen molar-refractivity contribution in [2.75, 3.05) is 6.26 Å². The van der Waals surface area contributed by atoms with Crippen molar-refractivity contribution in [1.29, 1.82) is 0 Å². The van der Waals surface area contributed by atoms with E-state index in [0.29, 0.717) is 5.57 Å². The summed E-state index contributed by atoms with van der Waals surface area (Å²) in [6.07, 6.45) is 9.63. The first-order valence-electron chi connectivity index (χ1n) is 11.9. The van der Waals surface area contributed by atoms with E-state index in [4.69, 9.17) is 0 Å². The lowest BCUT2D eigenvalue weighted by Crippen LogP contribution is -2.29. The number of nitrogens with one attached hydrogen (secondary N) is 1. The molecule has 0 bridgehead atoms. The van der Waals surface area contributed by atoms with Gasteiger partial charge >= 0.3 is 0 Å². The Hall–Kier alpha value is -3.05. The van der Waals surface area contributed by atoms with Crippen molar-refractivity contribution in [1.82, 2.24) is 15.1 Å². The molecule has 0 saturated carbocycles. The molecular weight excluding hydrogens is 438 g/mol. The first kappa shape index (κ1) is 25.6. The largest absolute Gasteiger partial charge is 0.345 e. The van der Waals surface area contributed by atoms with E-state index in [9.17, 15) is 4.79 Å². The minimum Gasteiger partial charge on any atom is -0.345 e. The molecular formula is C29H35N3OS. The summed E-state index contributed by atoms with van der Waals surface area (Å²) in [7, 11) is 0. The van der Waals surface area contributed by atoms with Gasteiger partial charge in [-0.05, 0) is 75.8 Å². The molecule has 1 aromatic heterocycles. The van der Waals surface area contributed by atoms with Crippen LogP contribution in [0.4, 0.5) is 0 Å². The van der Waals surface area contributed by atoms with Gasteiger partial charge < -0.3 is 5.32 Å². The third kappa shape index (κ3) is 5.89. The fraction of sp³-hybridized carbons (Fsp3) is 0.310. The number of aromatic nitrogens is 2. The molecule has 34 heavy (non-hydrogen) atoms. The van der Waals surface area contributed by atoms with E-state index >= 15 is 0 Å². The summed E-state index contributed by atoms with van der Waals surface area (Å²) >= 11 is 1.71. The Morgan fingerprint density at radius 1 is 1.18 bits per heavy atom. The van der Waals surface area contributed by atoms with Gasteiger partial charge in [0, 0.05) is 16.0 Å². The predicted molar refractivity (Wildman–Crippen MR) is 145 cm³/mol. The fourth-order valence-corrected chi connectivity index (χ4v) is 4.32. The van der Waals surface area contributed by atoms with Gasteiger partial charge in [-0.1, -0.05) is 55.3 Å². The molecule has 0 aliphatic carbocycles. The first-order valence-corrected chi connectivity index (χ1v) is 13.1. The molecule has 4 nitrogen and oxygen atoms in total. The lowest BCUT2D eigenvalue weighted by molar-refractivity contribution is -0.116. The van der Waals surface area contributed by atoms with Gasteiger partial charge in [0.15, 0.2) is 0 Å². The summed E-state index contributed by atoms with van der Waals surface area (Å²) in [5.74, 6) is -0.0869. The Kier molecular flexibility index (Phi) is 8.94. The average molecular weight is 474 g/mol. The maximum atomic E-state index is 13.5. The molecule has 1 atom stereocenters. The Morgan fingerprint density at radius 2 is 1.91 bits per heavy atom. The fourth-order valence-electron chi connectivity index (χ4n) is 3.86. The predicted octanol–water partition coefficient (Wildman–Crippen LogP) is 7.39. The highest BCUT2D eigenvalue weighted by Gasteiger charge is 2.22. The minimum atomic E-state index is -0.0869. The van der Waals surface area contributed by atoms with E-state index in [1.807, 2.05) is 17.7 Å². The molecule has 0 saturated heterocycles. The monoisotopic (exact) mass is 473 g/mol. The maximum absolute atomic E-state index is 13.5. The molecule has 178 valence electrons. The van der Waals surface area contributed by atoms with E-state index in [2.05, 4.69) is 99.0 Å². The van der Waals surface area contributed by atoms with Crippen molar-refractivity contribution in [3.63, 3.8) is 0 Å². The average Bonchev–Trinajstić information content (AvgIpc) is 3.26. The zero-order chi connectivity index (χ0) is 24.7. The second kappa shape index (κ2) is 11.9. The number of benzene rings is 2. The number of carbonyl (C=O) groups is 1. The molecule has 0 spiro atoms. The van der Waals surface area contributed by atoms with Crippen LogP contribution in [-0.2, 0) is 4.79 Å². The molecule has 3 aromatic rings. The van der Waals surface area contributed by atoms with Crippen LogP contribution < -0.4 is 5.32 Å². The van der Waals surface area contributed by atoms with Crippen molar-refractivity contribution in [2.24, 2.45) is 0 Å². The molecule has 1 amide bonds. The van der Waals surface area contributed by atoms with Gasteiger partial charge in [-0.15, -0.1) is 11.8 Å². The van der Waals surface area contributed by atoms with Gasteiger partial charge in [0.25, 0.3) is 5.91 Å². The lowest BCUT2D eigenvalue weighted by Gasteiger charge is -2.19. The van der Waals surface area contributed by atoms with Gasteiger partial charge in [-0.3, -0.25) is 4.79 Å². The third-order valence-corrected chi connectivity index (χ3v) is 6.78. The zero-order valence-corrected chi connectivity index (χ0v) is 21.9. The highest BCUT2D eigenvalue weighted by molar-refractivity contribution is 7.98. The molecule has 1 N–H and O–H groups in total. The number of rotatable bonds is 9. The van der Waals surface area contributed by atoms with Crippen molar-refractivity contribution in [3.8, 4) is 5.69 Å². The number of carbonyl (C=O) groups excluding carboxylic acids is 1. The van der Waals surface area contributed by atoms with Gasteiger partial charge in [-0.25, -0.2) is 4.68 Å². The number of thioether (sulfide) groups is 1. The highest BCUT2D eigenvalue weighted by Crippen LogP contribution is 2.28. The van der Waals surface area contributed by atoms with Crippen molar-refractivity contribution >= 4 is 29.3 Å². The van der Waals surface area contributed by atoms with Crippen LogP contribution in [-0.4, -0.2) is 21.9 Å². The molecule has 2 aromatic carbocycles. The van der Waals surface area contributed by atoms with Crippen LogP contribution in [0.15, 0.2) is 71.3 Å². The summed E-state index contributed by atoms with van der Waals surface area (Å²) in [6, 6.07) is 16.6. The first-order chi connectivity index (χ1) is 16.4. The normalized spacial score (nSPS) is 13.1. The van der Waals surface area contributed by atoms with E-state index in [0.717, 1.165) is 35.3 Å². The summed E-state index contributed by atoms with van der Waals surface area (Å²) in [5, 5.41) is 7.94. The van der Waals surface area contributed by atoms with E-state index < -0.39 is 0 Å². The Morgan fingerprint density at radius 3 is 2.53 bits per heavy atom. The topological polar surface area (TPSA) is 46.9 Å². The summed E-state index contributed by atoms with van der Waals surface area (Å²) in [6.45, 7) is 10.3. The van der Waals surface area contributed by atoms with Crippen LogP contribution in [0.2, 0.25) is 0 Å². The van der Waals surface area contributed by atoms with E-state index in [1.54, 1.807) is 18.0 Å². The Balaban J connectivity index is 1.99. The number of nitrogens with zero attached hydrogens (tertiary/aromatic N) is 2. The standard InChI is InChI=1S/C29H35N3OS/c1-7-20(4)17-28-26(19-30-32(28)23-15-13-21(5)14-16-23)25(8-2)29(33)31-27(9-3)22-11-10-12-24(18-22)34-6/h8,10-19,27H,7,9H2,1-6H3,(H,31,33)/b20-17+,25-8+. The molecule has 1 unspecified atom stereocenters. The molecule has 1 heterocycles. The second-order valence-corrected chi connectivity index (χ2v) is 9.33. The maximum Gasteiger partial charge on any atom is 0.252 e. The number of hydrogen-bond donors (Lipinski definition) is 1. The Labute approximate surface area is 208 Å². The van der Waals surface area contributed by atoms with Crippen molar-refractivity contribution < 1.29 is 4.79 Å². The van der Waals surface area contributed by atoms with Gasteiger partial charge in [-0.2, -0.15) is 5.10 Å². The van der Waals surface area contributed by atoms with E-state index in [-0.39, 0.29) is 11.9 Å². The van der Waals surface area contributed by atoms with Crippen LogP contribution in [0.25, 0.3) is 17.3 Å². The van der Waals surface area contributed by atoms with Crippen molar-refractivity contribution in [2.45, 2.75) is 58.4 Å². The molecule has 3 rings (SSSR count). The molecule has 0 aliphatic heterocycles. The van der Waals surface area contributed by atoms with Gasteiger partial charge in [0.2, 0.25) is 0 Å². The highest BCUT2D eigenvalue weighted by atomic mass is 32.2. The quantitative estimate of drug-likeness (QED) is 0.260. The van der Waals surface area contributed by atoms with Crippen LogP contribution in [0.3, 0.4) is 0 Å². The van der Waals surface area contributed by atoms with Crippen LogP contribution >= 0.6 is 11.8 Å².